The molecule has 1 heterocycles. The van der Waals surface area contributed by atoms with Crippen LogP contribution in [0.15, 0.2) is 0 Å². The van der Waals surface area contributed by atoms with Gasteiger partial charge in [0, 0.05) is 6.04 Å². The van der Waals surface area contributed by atoms with Crippen LogP contribution in [0.2, 0.25) is 0 Å². The standard InChI is InChI=1S/C7H13I2NO/c1-10-4-2-3-6(10)5-11-7(8)9/h6-7H,2-5H2,1H3/t6-/m0/s1. The van der Waals surface area contributed by atoms with Crippen LogP contribution in [0.3, 0.4) is 0 Å². The van der Waals surface area contributed by atoms with Crippen LogP contribution in [0.1, 0.15) is 12.8 Å². The third-order valence-electron chi connectivity index (χ3n) is 2.09. The van der Waals surface area contributed by atoms with Crippen molar-refractivity contribution in [2.45, 2.75) is 21.0 Å². The fraction of sp³-hybridized carbons (Fsp3) is 1.00. The number of ether oxygens (including phenoxy) is 1. The van der Waals surface area contributed by atoms with E-state index in [2.05, 4.69) is 57.1 Å². The molecule has 0 N–H and O–H groups in total. The molecular weight excluding hydrogens is 368 g/mol. The molecule has 0 aromatic heterocycles. The lowest BCUT2D eigenvalue weighted by Crippen LogP contribution is -2.29. The first-order chi connectivity index (χ1) is 5.20. The average molecular weight is 381 g/mol. The first kappa shape index (κ1) is 10.5. The predicted octanol–water partition coefficient (Wildman–Crippen LogP) is 2.25. The third-order valence-corrected chi connectivity index (χ3v) is 2.81. The van der Waals surface area contributed by atoms with Crippen molar-refractivity contribution in [1.29, 1.82) is 0 Å². The minimum absolute atomic E-state index is 0.319. The molecule has 1 atom stereocenters. The van der Waals surface area contributed by atoms with Crippen LogP contribution in [0.25, 0.3) is 0 Å². The molecular formula is C7H13I2NO. The van der Waals surface area contributed by atoms with Gasteiger partial charge in [-0.3, -0.25) is 0 Å². The summed E-state index contributed by atoms with van der Waals surface area (Å²) in [4.78, 5) is 2.38. The van der Waals surface area contributed by atoms with Gasteiger partial charge in [-0.15, -0.1) is 0 Å². The summed E-state index contributed by atoms with van der Waals surface area (Å²) in [5.74, 6) is 0. The molecule has 0 spiro atoms. The highest BCUT2D eigenvalue weighted by Crippen LogP contribution is 2.18. The zero-order valence-electron chi connectivity index (χ0n) is 6.59. The van der Waals surface area contributed by atoms with Gasteiger partial charge in [0.15, 0.2) is 2.12 Å². The van der Waals surface area contributed by atoms with E-state index >= 15 is 0 Å². The SMILES string of the molecule is CN1CCC[C@H]1COC(I)I. The molecule has 1 aliphatic rings. The van der Waals surface area contributed by atoms with Crippen molar-refractivity contribution in [2.24, 2.45) is 0 Å². The lowest BCUT2D eigenvalue weighted by Gasteiger charge is -2.19. The molecule has 0 aliphatic carbocycles. The maximum atomic E-state index is 5.53. The molecule has 0 radical (unpaired) electrons. The van der Waals surface area contributed by atoms with E-state index < -0.39 is 0 Å². The highest BCUT2D eigenvalue weighted by atomic mass is 127. The lowest BCUT2D eigenvalue weighted by molar-refractivity contribution is 0.117. The van der Waals surface area contributed by atoms with E-state index in [1.165, 1.54) is 19.4 Å². The van der Waals surface area contributed by atoms with Crippen LogP contribution in [-0.2, 0) is 4.74 Å². The van der Waals surface area contributed by atoms with Crippen molar-refractivity contribution in [3.63, 3.8) is 0 Å². The topological polar surface area (TPSA) is 12.5 Å². The fourth-order valence-corrected chi connectivity index (χ4v) is 1.79. The van der Waals surface area contributed by atoms with Crippen molar-refractivity contribution >= 4 is 45.2 Å². The smallest absolute Gasteiger partial charge is 0.159 e. The Kier molecular flexibility index (Phi) is 4.93. The van der Waals surface area contributed by atoms with Crippen molar-refractivity contribution < 1.29 is 4.74 Å². The molecule has 1 aliphatic heterocycles. The first-order valence-corrected chi connectivity index (χ1v) is 6.29. The van der Waals surface area contributed by atoms with E-state index in [1.807, 2.05) is 0 Å². The summed E-state index contributed by atoms with van der Waals surface area (Å²) in [6, 6.07) is 0.669. The predicted molar refractivity (Wildman–Crippen MR) is 63.4 cm³/mol. The van der Waals surface area contributed by atoms with Crippen LogP contribution < -0.4 is 0 Å². The summed E-state index contributed by atoms with van der Waals surface area (Å²) >= 11 is 4.56. The molecule has 2 nitrogen and oxygen atoms in total. The molecule has 4 heteroatoms. The van der Waals surface area contributed by atoms with E-state index in [1.54, 1.807) is 0 Å². The van der Waals surface area contributed by atoms with Gasteiger partial charge in [-0.2, -0.15) is 0 Å². The van der Waals surface area contributed by atoms with E-state index in [9.17, 15) is 0 Å². The number of nitrogens with zero attached hydrogens (tertiary/aromatic N) is 1. The summed E-state index contributed by atoms with van der Waals surface area (Å²) in [6.45, 7) is 2.13. The minimum atomic E-state index is 0.319. The number of rotatable bonds is 3. The summed E-state index contributed by atoms with van der Waals surface area (Å²) in [5, 5.41) is 0. The normalized spacial score (nSPS) is 26.7. The third kappa shape index (κ3) is 3.73. The van der Waals surface area contributed by atoms with Gasteiger partial charge in [0.05, 0.1) is 6.61 Å². The lowest BCUT2D eigenvalue weighted by atomic mass is 10.2. The van der Waals surface area contributed by atoms with Crippen molar-refractivity contribution in [3.05, 3.63) is 0 Å². The Bertz CT molecular complexity index is 121. The number of halogens is 2. The van der Waals surface area contributed by atoms with Gasteiger partial charge in [-0.05, 0) is 71.6 Å². The van der Waals surface area contributed by atoms with Gasteiger partial charge < -0.3 is 9.64 Å². The molecule has 0 unspecified atom stereocenters. The Morgan fingerprint density at radius 3 is 2.82 bits per heavy atom. The number of alkyl halides is 2. The Hall–Kier alpha value is 1.38. The van der Waals surface area contributed by atoms with E-state index in [0.29, 0.717) is 8.16 Å². The Morgan fingerprint density at radius 1 is 1.64 bits per heavy atom. The second-order valence-corrected chi connectivity index (χ2v) is 7.52. The monoisotopic (exact) mass is 381 g/mol. The molecule has 0 aromatic rings. The van der Waals surface area contributed by atoms with Gasteiger partial charge in [0.1, 0.15) is 0 Å². The van der Waals surface area contributed by atoms with E-state index in [4.69, 9.17) is 4.74 Å². The highest BCUT2D eigenvalue weighted by Gasteiger charge is 2.21. The number of likely N-dealkylation sites (tertiary alicyclic amines) is 1. The van der Waals surface area contributed by atoms with Crippen LogP contribution in [0.5, 0.6) is 0 Å². The maximum Gasteiger partial charge on any atom is 0.159 e. The molecule has 0 amide bonds. The second-order valence-electron chi connectivity index (χ2n) is 2.87. The van der Waals surface area contributed by atoms with Gasteiger partial charge in [-0.1, -0.05) is 0 Å². The van der Waals surface area contributed by atoms with Gasteiger partial charge in [0.25, 0.3) is 0 Å². The Labute approximate surface area is 95.3 Å². The van der Waals surface area contributed by atoms with Crippen LogP contribution >= 0.6 is 45.2 Å². The molecule has 1 rings (SSSR count). The molecule has 0 aromatic carbocycles. The highest BCUT2D eigenvalue weighted by molar-refractivity contribution is 14.2. The molecule has 1 fully saturated rings. The fourth-order valence-electron chi connectivity index (χ4n) is 1.37. The van der Waals surface area contributed by atoms with Crippen LogP contribution in [0, 0.1) is 0 Å². The molecule has 66 valence electrons. The summed E-state index contributed by atoms with van der Waals surface area (Å²) in [5.41, 5.74) is 0. The number of hydrogen-bond donors (Lipinski definition) is 0. The first-order valence-electron chi connectivity index (χ1n) is 3.80. The van der Waals surface area contributed by atoms with Crippen LogP contribution in [-0.4, -0.2) is 33.3 Å². The summed E-state index contributed by atoms with van der Waals surface area (Å²) in [7, 11) is 2.18. The number of likely N-dealkylation sites (N-methyl/N-ethyl adjacent to an activating group) is 1. The zero-order valence-corrected chi connectivity index (χ0v) is 10.9. The average Bonchev–Trinajstić information content (AvgIpc) is 2.31. The van der Waals surface area contributed by atoms with Crippen molar-refractivity contribution in [2.75, 3.05) is 20.2 Å². The quantitative estimate of drug-likeness (QED) is 0.550. The Morgan fingerprint density at radius 2 is 2.36 bits per heavy atom. The Balaban J connectivity index is 2.15. The molecule has 1 saturated heterocycles. The summed E-state index contributed by atoms with van der Waals surface area (Å²) in [6.07, 6.45) is 2.63. The van der Waals surface area contributed by atoms with E-state index in [-0.39, 0.29) is 0 Å². The van der Waals surface area contributed by atoms with Gasteiger partial charge in [0.2, 0.25) is 0 Å². The molecule has 0 bridgehead atoms. The van der Waals surface area contributed by atoms with Crippen molar-refractivity contribution in [3.8, 4) is 0 Å². The van der Waals surface area contributed by atoms with Crippen molar-refractivity contribution in [1.82, 2.24) is 4.90 Å². The molecule has 11 heavy (non-hydrogen) atoms. The second kappa shape index (κ2) is 5.18. The minimum Gasteiger partial charge on any atom is -0.356 e. The van der Waals surface area contributed by atoms with Gasteiger partial charge in [-0.25, -0.2) is 0 Å². The number of hydrogen-bond acceptors (Lipinski definition) is 2. The van der Waals surface area contributed by atoms with Gasteiger partial charge >= 0.3 is 0 Å². The zero-order chi connectivity index (χ0) is 8.27. The van der Waals surface area contributed by atoms with Crippen LogP contribution in [0.4, 0.5) is 0 Å². The summed E-state index contributed by atoms with van der Waals surface area (Å²) < 4.78 is 5.85. The molecule has 0 saturated carbocycles. The largest absolute Gasteiger partial charge is 0.356 e. The van der Waals surface area contributed by atoms with E-state index in [0.717, 1.165) is 6.61 Å². The maximum absolute atomic E-state index is 5.53.